The predicted molar refractivity (Wildman–Crippen MR) is 101 cm³/mol. The van der Waals surface area contributed by atoms with Crippen LogP contribution in [-0.4, -0.2) is 32.3 Å². The Hall–Kier alpha value is -0.790. The first kappa shape index (κ1) is 21.4. The molecule has 0 amide bonds. The van der Waals surface area contributed by atoms with Gasteiger partial charge in [-0.25, -0.2) is 8.42 Å². The molecular formula is C21H31F3O4S. The van der Waals surface area contributed by atoms with E-state index in [1.807, 2.05) is 0 Å². The molecular weight excluding hydrogens is 405 g/mol. The molecule has 0 unspecified atom stereocenters. The zero-order chi connectivity index (χ0) is 20.9. The average molecular weight is 437 g/mol. The largest absolute Gasteiger partial charge is 0.497 e. The number of hydrogen-bond acceptors (Lipinski definition) is 4. The lowest BCUT2D eigenvalue weighted by molar-refractivity contribution is -0.172. The Balaban J connectivity index is 1.19. The number of ether oxygens (including phenoxy) is 1. The van der Waals surface area contributed by atoms with Gasteiger partial charge in [0.1, 0.15) is 0 Å². The monoisotopic (exact) mass is 436 g/mol. The van der Waals surface area contributed by atoms with Crippen molar-refractivity contribution >= 4 is 15.8 Å². The van der Waals surface area contributed by atoms with Gasteiger partial charge in [0.2, 0.25) is 9.84 Å². The molecule has 0 N–H and O–H groups in total. The molecule has 0 radical (unpaired) electrons. The number of carbonyl (C=O) groups excluding carboxylic acids is 1. The maximum atomic E-state index is 12.8. The molecule has 0 aliphatic heterocycles. The second-order valence-corrected chi connectivity index (χ2v) is 12.3. The molecule has 5 fully saturated rings. The smallest absolute Gasteiger partial charge is 0.465 e. The summed E-state index contributed by atoms with van der Waals surface area (Å²) in [6.45, 7) is 0.372. The molecule has 5 saturated carbocycles. The van der Waals surface area contributed by atoms with E-state index in [2.05, 4.69) is 0 Å². The molecule has 29 heavy (non-hydrogen) atoms. The molecule has 0 spiro atoms. The van der Waals surface area contributed by atoms with Crippen molar-refractivity contribution in [2.45, 2.75) is 76.1 Å². The number of sulfone groups is 1. The van der Waals surface area contributed by atoms with Crippen LogP contribution in [0.4, 0.5) is 13.2 Å². The van der Waals surface area contributed by atoms with Crippen LogP contribution < -0.4 is 0 Å². The Labute approximate surface area is 170 Å². The minimum absolute atomic E-state index is 0.0263. The number of halogens is 3. The van der Waals surface area contributed by atoms with E-state index in [0.717, 1.165) is 25.7 Å². The summed E-state index contributed by atoms with van der Waals surface area (Å²) < 4.78 is 66.0. The molecule has 0 aromatic carbocycles. The summed E-state index contributed by atoms with van der Waals surface area (Å²) in [4.78, 5) is 12.8. The number of alkyl halides is 3. The summed E-state index contributed by atoms with van der Waals surface area (Å²) >= 11 is 0. The van der Waals surface area contributed by atoms with Gasteiger partial charge in [-0.1, -0.05) is 12.8 Å². The van der Waals surface area contributed by atoms with Crippen LogP contribution in [-0.2, 0) is 19.4 Å². The lowest BCUT2D eigenvalue weighted by Crippen LogP contribution is -2.50. The average Bonchev–Trinajstić information content (AvgIpc) is 2.61. The molecule has 8 heteroatoms. The molecule has 5 rings (SSSR count). The highest BCUT2D eigenvalue weighted by atomic mass is 32.2. The molecule has 4 bridgehead atoms. The predicted octanol–water partition coefficient (Wildman–Crippen LogP) is 4.88. The Morgan fingerprint density at radius 2 is 1.38 bits per heavy atom. The molecule has 5 aliphatic carbocycles. The van der Waals surface area contributed by atoms with E-state index < -0.39 is 27.0 Å². The molecule has 0 atom stereocenters. The second kappa shape index (κ2) is 7.72. The Kier molecular flexibility index (Phi) is 5.71. The van der Waals surface area contributed by atoms with Crippen molar-refractivity contribution in [1.29, 1.82) is 0 Å². The van der Waals surface area contributed by atoms with Gasteiger partial charge in [0.15, 0.2) is 0 Å². The van der Waals surface area contributed by atoms with Crippen LogP contribution in [0, 0.1) is 35.0 Å². The minimum Gasteiger partial charge on any atom is -0.465 e. The van der Waals surface area contributed by atoms with Crippen molar-refractivity contribution in [2.75, 3.05) is 12.4 Å². The van der Waals surface area contributed by atoms with Crippen molar-refractivity contribution in [3.05, 3.63) is 0 Å². The van der Waals surface area contributed by atoms with Gasteiger partial charge in [-0.3, -0.25) is 4.79 Å². The molecule has 0 aromatic heterocycles. The first-order valence-corrected chi connectivity index (χ1v) is 12.7. The first-order valence-electron chi connectivity index (χ1n) is 11.0. The topological polar surface area (TPSA) is 60.4 Å². The highest BCUT2D eigenvalue weighted by Gasteiger charge is 2.55. The Morgan fingerprint density at radius 1 is 0.897 bits per heavy atom. The maximum Gasteiger partial charge on any atom is 0.497 e. The third kappa shape index (κ3) is 4.47. The standard InChI is InChI=1S/C21H31F3O4S/c22-21(23,24)29(26,27)13-15-3-1-14(2-4-15)5-6-28-19(25)20-10-16-7-17(11-20)9-18(8-16)12-20/h14-18H,1-13H2. The van der Waals surface area contributed by atoms with Gasteiger partial charge < -0.3 is 4.74 Å². The lowest BCUT2D eigenvalue weighted by Gasteiger charge is -2.55. The van der Waals surface area contributed by atoms with Crippen molar-refractivity contribution in [3.8, 4) is 0 Å². The van der Waals surface area contributed by atoms with Crippen molar-refractivity contribution in [1.82, 2.24) is 0 Å². The van der Waals surface area contributed by atoms with Gasteiger partial charge in [-0.2, -0.15) is 13.2 Å². The van der Waals surface area contributed by atoms with Crippen LogP contribution in [0.3, 0.4) is 0 Å². The van der Waals surface area contributed by atoms with Crippen LogP contribution in [0.5, 0.6) is 0 Å². The number of rotatable bonds is 6. The van der Waals surface area contributed by atoms with Crippen molar-refractivity contribution < 1.29 is 31.1 Å². The molecule has 0 heterocycles. The summed E-state index contributed by atoms with van der Waals surface area (Å²) in [6, 6.07) is 0. The van der Waals surface area contributed by atoms with E-state index in [0.29, 0.717) is 56.0 Å². The third-order valence-corrected chi connectivity index (χ3v) is 9.62. The fourth-order valence-electron chi connectivity index (χ4n) is 6.92. The molecule has 5 aliphatic rings. The van der Waals surface area contributed by atoms with Crippen LogP contribution in [0.2, 0.25) is 0 Å². The molecule has 4 nitrogen and oxygen atoms in total. The van der Waals surface area contributed by atoms with Crippen molar-refractivity contribution in [2.24, 2.45) is 35.0 Å². The maximum absolute atomic E-state index is 12.8. The van der Waals surface area contributed by atoms with E-state index in [1.54, 1.807) is 0 Å². The summed E-state index contributed by atoms with van der Waals surface area (Å²) in [5.74, 6) is 1.12. The second-order valence-electron chi connectivity index (χ2n) is 10.2. The number of carbonyl (C=O) groups is 1. The van der Waals surface area contributed by atoms with E-state index in [-0.39, 0.29) is 11.4 Å². The van der Waals surface area contributed by atoms with Gasteiger partial charge in [0, 0.05) is 0 Å². The summed E-state index contributed by atoms with van der Waals surface area (Å²) in [6.07, 6.45) is 9.88. The van der Waals surface area contributed by atoms with Crippen LogP contribution in [0.25, 0.3) is 0 Å². The number of esters is 1. The zero-order valence-corrected chi connectivity index (χ0v) is 17.6. The third-order valence-electron chi connectivity index (χ3n) is 8.00. The zero-order valence-electron chi connectivity index (χ0n) is 16.8. The lowest BCUT2D eigenvalue weighted by atomic mass is 9.49. The normalized spacial score (nSPS) is 39.5. The minimum atomic E-state index is -5.16. The quantitative estimate of drug-likeness (QED) is 0.557. The van der Waals surface area contributed by atoms with Gasteiger partial charge >= 0.3 is 11.5 Å². The molecule has 0 saturated heterocycles. The first-order chi connectivity index (χ1) is 13.6. The summed E-state index contributed by atoms with van der Waals surface area (Å²) in [5.41, 5.74) is -5.41. The number of hydrogen-bond donors (Lipinski definition) is 0. The van der Waals surface area contributed by atoms with Gasteiger partial charge in [-0.15, -0.1) is 0 Å². The van der Waals surface area contributed by atoms with Gasteiger partial charge in [0.05, 0.1) is 17.8 Å². The van der Waals surface area contributed by atoms with Crippen LogP contribution >= 0.6 is 0 Å². The summed E-state index contributed by atoms with van der Waals surface area (Å²) in [5, 5.41) is 0. The van der Waals surface area contributed by atoms with E-state index in [4.69, 9.17) is 4.74 Å². The van der Waals surface area contributed by atoms with Crippen LogP contribution in [0.15, 0.2) is 0 Å². The van der Waals surface area contributed by atoms with Crippen LogP contribution in [0.1, 0.15) is 70.6 Å². The Morgan fingerprint density at radius 3 is 1.86 bits per heavy atom. The van der Waals surface area contributed by atoms with Crippen molar-refractivity contribution in [3.63, 3.8) is 0 Å². The van der Waals surface area contributed by atoms with E-state index in [1.165, 1.54) is 19.3 Å². The SMILES string of the molecule is O=C(OCCC1CCC(CS(=O)(=O)C(F)(F)F)CC1)C12CC3CC(CC(C3)C1)C2. The molecule has 166 valence electrons. The highest BCUT2D eigenvalue weighted by Crippen LogP contribution is 2.60. The Bertz CT molecular complexity index is 687. The van der Waals surface area contributed by atoms with E-state index >= 15 is 0 Å². The van der Waals surface area contributed by atoms with E-state index in [9.17, 15) is 26.4 Å². The fourth-order valence-corrected chi connectivity index (χ4v) is 8.07. The van der Waals surface area contributed by atoms with Gasteiger partial charge in [0.25, 0.3) is 0 Å². The highest BCUT2D eigenvalue weighted by molar-refractivity contribution is 7.92. The summed E-state index contributed by atoms with van der Waals surface area (Å²) in [7, 11) is -5.03. The molecule has 0 aromatic rings. The van der Waals surface area contributed by atoms with Gasteiger partial charge in [-0.05, 0) is 87.4 Å². The fraction of sp³-hybridized carbons (Fsp3) is 0.952.